The van der Waals surface area contributed by atoms with Gasteiger partial charge in [0.25, 0.3) is 5.91 Å². The Morgan fingerprint density at radius 2 is 1.92 bits per heavy atom. The molecule has 0 saturated heterocycles. The molecule has 0 aliphatic heterocycles. The lowest BCUT2D eigenvalue weighted by molar-refractivity contribution is -0.117. The van der Waals surface area contributed by atoms with Crippen LogP contribution in [-0.4, -0.2) is 29.1 Å². The molecule has 1 aromatic heterocycles. The van der Waals surface area contributed by atoms with Crippen molar-refractivity contribution in [2.75, 3.05) is 11.6 Å². The molecule has 0 bridgehead atoms. The van der Waals surface area contributed by atoms with E-state index in [0.717, 1.165) is 14.6 Å². The van der Waals surface area contributed by atoms with Crippen LogP contribution in [-0.2, 0) is 4.79 Å². The smallest absolute Gasteiger partial charge is 0.251 e. The minimum absolute atomic E-state index is 0.266. The monoisotopic (exact) mass is 371 g/mol. The van der Waals surface area contributed by atoms with Crippen LogP contribution in [0.25, 0.3) is 10.2 Å². The number of benzene rings is 2. The molecule has 25 heavy (non-hydrogen) atoms. The van der Waals surface area contributed by atoms with E-state index in [9.17, 15) is 9.59 Å². The predicted octanol–water partition coefficient (Wildman–Crippen LogP) is 3.78. The van der Waals surface area contributed by atoms with Gasteiger partial charge in [0.05, 0.1) is 10.2 Å². The van der Waals surface area contributed by atoms with Crippen molar-refractivity contribution in [2.24, 2.45) is 0 Å². The van der Waals surface area contributed by atoms with Crippen LogP contribution in [0.5, 0.6) is 0 Å². The van der Waals surface area contributed by atoms with Crippen LogP contribution in [0.1, 0.15) is 17.3 Å². The molecule has 3 aromatic rings. The number of nitrogens with zero attached hydrogens (tertiary/aromatic N) is 1. The molecule has 128 valence electrons. The zero-order chi connectivity index (χ0) is 17.8. The highest BCUT2D eigenvalue weighted by Crippen LogP contribution is 2.29. The van der Waals surface area contributed by atoms with E-state index in [1.165, 1.54) is 0 Å². The van der Waals surface area contributed by atoms with Crippen LogP contribution in [0, 0.1) is 0 Å². The summed E-state index contributed by atoms with van der Waals surface area (Å²) in [5.74, 6) is -0.538. The van der Waals surface area contributed by atoms with Gasteiger partial charge in [0, 0.05) is 11.3 Å². The standard InChI is InChI=1S/C18H17N3O2S2/c1-11(19-17(23)12-6-4-3-5-7-12)16(22)20-13-8-9-14-15(10-13)25-18(21-14)24-2/h3-11H,1-2H3,(H,19,23)(H,20,22). The van der Waals surface area contributed by atoms with Gasteiger partial charge in [-0.1, -0.05) is 30.0 Å². The van der Waals surface area contributed by atoms with Crippen molar-refractivity contribution in [1.82, 2.24) is 10.3 Å². The Balaban J connectivity index is 1.65. The van der Waals surface area contributed by atoms with Gasteiger partial charge >= 0.3 is 0 Å². The summed E-state index contributed by atoms with van der Waals surface area (Å²) >= 11 is 3.18. The van der Waals surface area contributed by atoms with E-state index in [2.05, 4.69) is 15.6 Å². The second-order valence-corrected chi connectivity index (χ2v) is 7.50. The molecule has 5 nitrogen and oxygen atoms in total. The molecule has 3 rings (SSSR count). The first kappa shape index (κ1) is 17.4. The number of hydrogen-bond donors (Lipinski definition) is 2. The first-order chi connectivity index (χ1) is 12.1. The summed E-state index contributed by atoms with van der Waals surface area (Å²) in [4.78, 5) is 28.9. The summed E-state index contributed by atoms with van der Waals surface area (Å²) in [6.45, 7) is 1.66. The second-order valence-electron chi connectivity index (χ2n) is 5.42. The molecule has 0 aliphatic carbocycles. The Morgan fingerprint density at radius 1 is 1.16 bits per heavy atom. The number of aromatic nitrogens is 1. The summed E-state index contributed by atoms with van der Waals surface area (Å²) in [5, 5.41) is 5.54. The summed E-state index contributed by atoms with van der Waals surface area (Å²) in [7, 11) is 0. The molecule has 0 spiro atoms. The van der Waals surface area contributed by atoms with E-state index >= 15 is 0 Å². The van der Waals surface area contributed by atoms with E-state index in [-0.39, 0.29) is 11.8 Å². The molecule has 1 atom stereocenters. The Bertz CT molecular complexity index is 909. The number of hydrogen-bond acceptors (Lipinski definition) is 5. The van der Waals surface area contributed by atoms with Gasteiger partial charge in [-0.2, -0.15) is 0 Å². The van der Waals surface area contributed by atoms with Crippen LogP contribution >= 0.6 is 23.1 Å². The molecule has 0 saturated carbocycles. The normalized spacial score (nSPS) is 11.9. The third-order valence-electron chi connectivity index (χ3n) is 3.59. The van der Waals surface area contributed by atoms with Gasteiger partial charge in [-0.3, -0.25) is 9.59 Å². The SMILES string of the molecule is CSc1nc2ccc(NC(=O)C(C)NC(=O)c3ccccc3)cc2s1. The van der Waals surface area contributed by atoms with Crippen LogP contribution < -0.4 is 10.6 Å². The van der Waals surface area contributed by atoms with Gasteiger partial charge in [-0.05, 0) is 43.5 Å². The zero-order valence-electron chi connectivity index (χ0n) is 13.8. The van der Waals surface area contributed by atoms with Crippen molar-refractivity contribution >= 4 is 50.8 Å². The maximum Gasteiger partial charge on any atom is 0.251 e. The number of carbonyl (C=O) groups excluding carboxylic acids is 2. The number of carbonyl (C=O) groups is 2. The van der Waals surface area contributed by atoms with Gasteiger partial charge in [-0.25, -0.2) is 4.98 Å². The second kappa shape index (κ2) is 7.67. The quantitative estimate of drug-likeness (QED) is 0.670. The maximum atomic E-state index is 12.3. The Morgan fingerprint density at radius 3 is 2.64 bits per heavy atom. The van der Waals surface area contributed by atoms with Crippen LogP contribution in [0.4, 0.5) is 5.69 Å². The van der Waals surface area contributed by atoms with Crippen molar-refractivity contribution in [3.63, 3.8) is 0 Å². The van der Waals surface area contributed by atoms with Crippen molar-refractivity contribution in [3.05, 3.63) is 54.1 Å². The van der Waals surface area contributed by atoms with Gasteiger partial charge in [0.1, 0.15) is 6.04 Å². The number of rotatable bonds is 5. The third kappa shape index (κ3) is 4.18. The fraction of sp³-hybridized carbons (Fsp3) is 0.167. The number of nitrogens with one attached hydrogen (secondary N) is 2. The lowest BCUT2D eigenvalue weighted by Crippen LogP contribution is -2.41. The number of thioether (sulfide) groups is 1. The van der Waals surface area contributed by atoms with Crippen LogP contribution in [0.15, 0.2) is 52.9 Å². The molecule has 1 heterocycles. The Hall–Kier alpha value is -2.38. The fourth-order valence-corrected chi connectivity index (χ4v) is 3.78. The minimum atomic E-state index is -0.647. The van der Waals surface area contributed by atoms with E-state index < -0.39 is 6.04 Å². The molecule has 0 radical (unpaired) electrons. The molecular formula is C18H17N3O2S2. The molecule has 1 unspecified atom stereocenters. The summed E-state index contributed by atoms with van der Waals surface area (Å²) in [6, 6.07) is 13.8. The Labute approximate surface area is 153 Å². The lowest BCUT2D eigenvalue weighted by Gasteiger charge is -2.14. The van der Waals surface area contributed by atoms with Gasteiger partial charge in [0.15, 0.2) is 4.34 Å². The number of thiazole rings is 1. The van der Waals surface area contributed by atoms with Gasteiger partial charge in [-0.15, -0.1) is 11.3 Å². The first-order valence-electron chi connectivity index (χ1n) is 7.68. The third-order valence-corrected chi connectivity index (χ3v) is 5.59. The molecule has 2 N–H and O–H groups in total. The van der Waals surface area contributed by atoms with E-state index in [0.29, 0.717) is 11.3 Å². The molecule has 0 aliphatic rings. The Kier molecular flexibility index (Phi) is 5.35. The number of fused-ring (bicyclic) bond motifs is 1. The van der Waals surface area contributed by atoms with Gasteiger partial charge < -0.3 is 10.6 Å². The minimum Gasteiger partial charge on any atom is -0.341 e. The van der Waals surface area contributed by atoms with Crippen molar-refractivity contribution in [2.45, 2.75) is 17.3 Å². The number of anilines is 1. The fourth-order valence-electron chi connectivity index (χ4n) is 2.25. The zero-order valence-corrected chi connectivity index (χ0v) is 15.4. The van der Waals surface area contributed by atoms with Crippen molar-refractivity contribution in [3.8, 4) is 0 Å². The molecule has 7 heteroatoms. The van der Waals surface area contributed by atoms with E-state index in [1.807, 2.05) is 30.5 Å². The molecule has 2 aromatic carbocycles. The largest absolute Gasteiger partial charge is 0.341 e. The van der Waals surface area contributed by atoms with E-state index in [1.54, 1.807) is 54.3 Å². The van der Waals surface area contributed by atoms with E-state index in [4.69, 9.17) is 0 Å². The molecular weight excluding hydrogens is 354 g/mol. The summed E-state index contributed by atoms with van der Waals surface area (Å²) in [6.07, 6.45) is 1.98. The lowest BCUT2D eigenvalue weighted by atomic mass is 10.2. The highest BCUT2D eigenvalue weighted by atomic mass is 32.2. The highest BCUT2D eigenvalue weighted by Gasteiger charge is 2.17. The topological polar surface area (TPSA) is 71.1 Å². The summed E-state index contributed by atoms with van der Waals surface area (Å²) in [5.41, 5.74) is 2.13. The first-order valence-corrected chi connectivity index (χ1v) is 9.72. The predicted molar refractivity (Wildman–Crippen MR) is 103 cm³/mol. The highest BCUT2D eigenvalue weighted by molar-refractivity contribution is 8.00. The van der Waals surface area contributed by atoms with Crippen molar-refractivity contribution < 1.29 is 9.59 Å². The average Bonchev–Trinajstić information content (AvgIpc) is 3.04. The molecule has 0 fully saturated rings. The summed E-state index contributed by atoms with van der Waals surface area (Å²) < 4.78 is 2.00. The maximum absolute atomic E-state index is 12.3. The average molecular weight is 371 g/mol. The molecule has 2 amide bonds. The van der Waals surface area contributed by atoms with Crippen molar-refractivity contribution in [1.29, 1.82) is 0 Å². The van der Waals surface area contributed by atoms with Crippen LogP contribution in [0.3, 0.4) is 0 Å². The number of amides is 2. The van der Waals surface area contributed by atoms with Crippen LogP contribution in [0.2, 0.25) is 0 Å². The van der Waals surface area contributed by atoms with Gasteiger partial charge in [0.2, 0.25) is 5.91 Å².